The minimum absolute atomic E-state index is 0.00174. The molecule has 0 amide bonds. The fourth-order valence-electron chi connectivity index (χ4n) is 1.38. The van der Waals surface area contributed by atoms with Crippen molar-refractivity contribution in [1.82, 2.24) is 0 Å². The molecule has 2 nitrogen and oxygen atoms in total. The first-order chi connectivity index (χ1) is 6.65. The Labute approximate surface area is 89.7 Å². The largest absolute Gasteiger partial charge is 0.396 e. The maximum atomic E-state index is 8.68. The van der Waals surface area contributed by atoms with E-state index in [1.165, 1.54) is 0 Å². The minimum Gasteiger partial charge on any atom is -0.396 e. The van der Waals surface area contributed by atoms with Gasteiger partial charge in [-0.05, 0) is 37.0 Å². The van der Waals surface area contributed by atoms with Crippen LogP contribution < -0.4 is 5.73 Å². The van der Waals surface area contributed by atoms with Crippen molar-refractivity contribution in [1.29, 1.82) is 0 Å². The Hall–Kier alpha value is -0.570. The molecule has 0 aliphatic heterocycles. The zero-order chi connectivity index (χ0) is 10.6. The fourth-order valence-corrected chi connectivity index (χ4v) is 1.49. The Bertz CT molecular complexity index is 301. The lowest BCUT2D eigenvalue weighted by Gasteiger charge is -2.12. The molecule has 1 atom stereocenters. The lowest BCUT2D eigenvalue weighted by atomic mass is 10.0. The smallest absolute Gasteiger partial charge is 0.0435 e. The summed E-state index contributed by atoms with van der Waals surface area (Å²) in [5, 5.41) is 9.45. The van der Waals surface area contributed by atoms with Gasteiger partial charge in [0.15, 0.2) is 0 Å². The molecule has 0 heterocycles. The van der Waals surface area contributed by atoms with Gasteiger partial charge < -0.3 is 10.8 Å². The monoisotopic (exact) mass is 213 g/mol. The number of halogens is 1. The first kappa shape index (κ1) is 11.5. The van der Waals surface area contributed by atoms with Crippen LogP contribution in [0.1, 0.15) is 30.0 Å². The molecule has 0 bridgehead atoms. The number of aliphatic hydroxyl groups is 1. The summed E-state index contributed by atoms with van der Waals surface area (Å²) >= 11 is 5.91. The standard InChI is InChI=1S/C11H16ClNO/c1-8-7-9(4-5-10(8)12)11(13)3-2-6-14/h4-5,7,11,14H,2-3,6,13H2,1H3/t11-/m1/s1. The second-order valence-electron chi connectivity index (χ2n) is 3.48. The zero-order valence-electron chi connectivity index (χ0n) is 8.33. The van der Waals surface area contributed by atoms with Crippen LogP contribution in [0.2, 0.25) is 5.02 Å². The van der Waals surface area contributed by atoms with Crippen molar-refractivity contribution in [3.63, 3.8) is 0 Å². The molecule has 0 fully saturated rings. The first-order valence-corrected chi connectivity index (χ1v) is 5.15. The van der Waals surface area contributed by atoms with Gasteiger partial charge in [-0.15, -0.1) is 0 Å². The average molecular weight is 214 g/mol. The number of aryl methyl sites for hydroxylation is 1. The van der Waals surface area contributed by atoms with Crippen molar-refractivity contribution in [3.05, 3.63) is 34.3 Å². The van der Waals surface area contributed by atoms with Crippen molar-refractivity contribution in [3.8, 4) is 0 Å². The van der Waals surface area contributed by atoms with E-state index in [1.54, 1.807) is 0 Å². The molecule has 0 aromatic heterocycles. The molecule has 0 aliphatic carbocycles. The summed E-state index contributed by atoms with van der Waals surface area (Å²) in [5.74, 6) is 0. The fraction of sp³-hybridized carbons (Fsp3) is 0.455. The van der Waals surface area contributed by atoms with Crippen LogP contribution in [0.15, 0.2) is 18.2 Å². The van der Waals surface area contributed by atoms with E-state index in [4.69, 9.17) is 22.4 Å². The van der Waals surface area contributed by atoms with E-state index in [0.29, 0.717) is 0 Å². The van der Waals surface area contributed by atoms with E-state index in [-0.39, 0.29) is 12.6 Å². The second-order valence-corrected chi connectivity index (χ2v) is 3.89. The van der Waals surface area contributed by atoms with Gasteiger partial charge in [-0.1, -0.05) is 23.7 Å². The highest BCUT2D eigenvalue weighted by Crippen LogP contribution is 2.21. The molecule has 0 saturated carbocycles. The summed E-state index contributed by atoms with van der Waals surface area (Å²) in [5.41, 5.74) is 8.07. The van der Waals surface area contributed by atoms with Gasteiger partial charge in [0, 0.05) is 17.7 Å². The lowest BCUT2D eigenvalue weighted by Crippen LogP contribution is -2.10. The van der Waals surface area contributed by atoms with Crippen molar-refractivity contribution >= 4 is 11.6 Å². The van der Waals surface area contributed by atoms with Crippen LogP contribution in [0.3, 0.4) is 0 Å². The molecule has 1 rings (SSSR count). The Kier molecular flexibility index (Phi) is 4.39. The third kappa shape index (κ3) is 2.98. The van der Waals surface area contributed by atoms with Crippen molar-refractivity contribution in [2.45, 2.75) is 25.8 Å². The number of hydrogen-bond acceptors (Lipinski definition) is 2. The summed E-state index contributed by atoms with van der Waals surface area (Å²) in [6.07, 6.45) is 1.54. The average Bonchev–Trinajstić information content (AvgIpc) is 2.18. The zero-order valence-corrected chi connectivity index (χ0v) is 9.09. The number of nitrogens with two attached hydrogens (primary N) is 1. The van der Waals surface area contributed by atoms with Crippen LogP contribution in [-0.2, 0) is 0 Å². The molecule has 0 saturated heterocycles. The number of rotatable bonds is 4. The number of aliphatic hydroxyl groups excluding tert-OH is 1. The second kappa shape index (κ2) is 5.35. The summed E-state index contributed by atoms with van der Waals surface area (Å²) in [4.78, 5) is 0. The lowest BCUT2D eigenvalue weighted by molar-refractivity contribution is 0.280. The highest BCUT2D eigenvalue weighted by Gasteiger charge is 2.06. The van der Waals surface area contributed by atoms with Gasteiger partial charge >= 0.3 is 0 Å². The molecular formula is C11H16ClNO. The molecule has 1 aromatic rings. The topological polar surface area (TPSA) is 46.2 Å². The Morgan fingerprint density at radius 2 is 2.21 bits per heavy atom. The molecule has 1 aromatic carbocycles. The van der Waals surface area contributed by atoms with Crippen LogP contribution in [0, 0.1) is 6.92 Å². The molecule has 0 radical (unpaired) electrons. The van der Waals surface area contributed by atoms with Gasteiger partial charge in [0.25, 0.3) is 0 Å². The van der Waals surface area contributed by atoms with Gasteiger partial charge in [0.05, 0.1) is 0 Å². The van der Waals surface area contributed by atoms with Crippen molar-refractivity contribution in [2.75, 3.05) is 6.61 Å². The van der Waals surface area contributed by atoms with E-state index in [0.717, 1.165) is 29.0 Å². The molecule has 3 N–H and O–H groups in total. The van der Waals surface area contributed by atoms with Crippen LogP contribution in [-0.4, -0.2) is 11.7 Å². The van der Waals surface area contributed by atoms with Gasteiger partial charge in [-0.2, -0.15) is 0 Å². The molecule has 0 unspecified atom stereocenters. The van der Waals surface area contributed by atoms with Crippen molar-refractivity contribution in [2.24, 2.45) is 5.73 Å². The van der Waals surface area contributed by atoms with Crippen LogP contribution >= 0.6 is 11.6 Å². The maximum absolute atomic E-state index is 8.68. The SMILES string of the molecule is Cc1cc([C@H](N)CCCO)ccc1Cl. The minimum atomic E-state index is -0.00174. The molecule has 0 spiro atoms. The van der Waals surface area contributed by atoms with E-state index < -0.39 is 0 Å². The summed E-state index contributed by atoms with van der Waals surface area (Å²) < 4.78 is 0. The predicted octanol–water partition coefficient (Wildman–Crippen LogP) is 2.42. The third-order valence-electron chi connectivity index (χ3n) is 2.28. The third-order valence-corrected chi connectivity index (χ3v) is 2.71. The highest BCUT2D eigenvalue weighted by molar-refractivity contribution is 6.31. The molecule has 0 aliphatic rings. The molecule has 14 heavy (non-hydrogen) atoms. The van der Waals surface area contributed by atoms with Gasteiger partial charge in [-0.25, -0.2) is 0 Å². The quantitative estimate of drug-likeness (QED) is 0.807. The highest BCUT2D eigenvalue weighted by atomic mass is 35.5. The molecular weight excluding hydrogens is 198 g/mol. The van der Waals surface area contributed by atoms with E-state index in [9.17, 15) is 0 Å². The first-order valence-electron chi connectivity index (χ1n) is 4.77. The van der Waals surface area contributed by atoms with Gasteiger partial charge in [0.2, 0.25) is 0 Å². The summed E-state index contributed by atoms with van der Waals surface area (Å²) in [6.45, 7) is 2.16. The van der Waals surface area contributed by atoms with Crippen LogP contribution in [0.25, 0.3) is 0 Å². The van der Waals surface area contributed by atoms with E-state index >= 15 is 0 Å². The summed E-state index contributed by atoms with van der Waals surface area (Å²) in [6, 6.07) is 5.81. The van der Waals surface area contributed by atoms with Crippen LogP contribution in [0.4, 0.5) is 0 Å². The number of hydrogen-bond donors (Lipinski definition) is 2. The summed E-state index contributed by atoms with van der Waals surface area (Å²) in [7, 11) is 0. The van der Waals surface area contributed by atoms with Gasteiger partial charge in [-0.3, -0.25) is 0 Å². The normalized spacial score (nSPS) is 12.9. The Balaban J connectivity index is 2.70. The molecule has 3 heteroatoms. The number of benzene rings is 1. The Morgan fingerprint density at radius 3 is 2.79 bits per heavy atom. The molecule has 78 valence electrons. The van der Waals surface area contributed by atoms with E-state index in [2.05, 4.69) is 0 Å². The maximum Gasteiger partial charge on any atom is 0.0435 e. The van der Waals surface area contributed by atoms with E-state index in [1.807, 2.05) is 25.1 Å². The predicted molar refractivity (Wildman–Crippen MR) is 59.4 cm³/mol. The van der Waals surface area contributed by atoms with Gasteiger partial charge in [0.1, 0.15) is 0 Å². The Morgan fingerprint density at radius 1 is 1.50 bits per heavy atom. The van der Waals surface area contributed by atoms with Crippen molar-refractivity contribution < 1.29 is 5.11 Å². The van der Waals surface area contributed by atoms with Crippen LogP contribution in [0.5, 0.6) is 0 Å².